The molecule has 0 aromatic heterocycles. The lowest BCUT2D eigenvalue weighted by atomic mass is 10.1. The molecule has 0 aliphatic carbocycles. The first-order valence-corrected chi connectivity index (χ1v) is 6.31. The van der Waals surface area contributed by atoms with E-state index >= 15 is 0 Å². The average Bonchev–Trinajstić information content (AvgIpc) is 2.32. The van der Waals surface area contributed by atoms with Crippen LogP contribution < -0.4 is 5.73 Å². The van der Waals surface area contributed by atoms with Gasteiger partial charge in [-0.3, -0.25) is 4.79 Å². The van der Waals surface area contributed by atoms with Crippen molar-refractivity contribution >= 4 is 11.6 Å². The first-order valence-electron chi connectivity index (χ1n) is 6.31. The van der Waals surface area contributed by atoms with Crippen molar-refractivity contribution in [2.45, 2.75) is 32.4 Å². The van der Waals surface area contributed by atoms with E-state index in [1.165, 1.54) is 0 Å². The van der Waals surface area contributed by atoms with E-state index < -0.39 is 0 Å². The van der Waals surface area contributed by atoms with Gasteiger partial charge < -0.3 is 15.4 Å². The monoisotopic (exact) mass is 248 g/mol. The van der Waals surface area contributed by atoms with E-state index in [0.717, 1.165) is 11.3 Å². The zero-order chi connectivity index (χ0) is 13.1. The maximum absolute atomic E-state index is 12.3. The van der Waals surface area contributed by atoms with Gasteiger partial charge >= 0.3 is 0 Å². The number of hydrogen-bond donors (Lipinski definition) is 1. The molecule has 4 heteroatoms. The van der Waals surface area contributed by atoms with Crippen molar-refractivity contribution in [1.82, 2.24) is 4.90 Å². The van der Waals surface area contributed by atoms with Gasteiger partial charge in [0, 0.05) is 5.69 Å². The number of amides is 1. The van der Waals surface area contributed by atoms with E-state index in [1.807, 2.05) is 43.0 Å². The number of hydrogen-bond acceptors (Lipinski definition) is 3. The molecule has 1 aliphatic rings. The van der Waals surface area contributed by atoms with Crippen LogP contribution in [0.4, 0.5) is 5.69 Å². The Hall–Kier alpha value is -1.55. The van der Waals surface area contributed by atoms with Gasteiger partial charge in [-0.15, -0.1) is 0 Å². The van der Waals surface area contributed by atoms with Crippen molar-refractivity contribution in [2.75, 3.05) is 18.9 Å². The van der Waals surface area contributed by atoms with Crippen LogP contribution in [0.3, 0.4) is 0 Å². The Morgan fingerprint density at radius 3 is 2.39 bits per heavy atom. The highest BCUT2D eigenvalue weighted by molar-refractivity contribution is 5.79. The Bertz CT molecular complexity index is 406. The van der Waals surface area contributed by atoms with Crippen molar-refractivity contribution in [3.05, 3.63) is 29.8 Å². The molecule has 0 unspecified atom stereocenters. The van der Waals surface area contributed by atoms with Crippen molar-refractivity contribution in [3.63, 3.8) is 0 Å². The second kappa shape index (κ2) is 5.40. The highest BCUT2D eigenvalue weighted by Crippen LogP contribution is 2.16. The summed E-state index contributed by atoms with van der Waals surface area (Å²) in [4.78, 5) is 14.2. The fourth-order valence-corrected chi connectivity index (χ4v) is 2.40. The first-order chi connectivity index (χ1) is 8.58. The SMILES string of the molecule is C[C@@H]1COC[C@@H](C)N1C(=O)Cc1ccc(N)cc1. The number of ether oxygens (including phenoxy) is 1. The summed E-state index contributed by atoms with van der Waals surface area (Å²) >= 11 is 0. The molecule has 1 aromatic carbocycles. The van der Waals surface area contributed by atoms with Gasteiger partial charge in [0.2, 0.25) is 5.91 Å². The number of carbonyl (C=O) groups is 1. The van der Waals surface area contributed by atoms with Gasteiger partial charge in [0.05, 0.1) is 31.7 Å². The van der Waals surface area contributed by atoms with Crippen LogP contribution in [0.2, 0.25) is 0 Å². The predicted octanol–water partition coefficient (Wildman–Crippen LogP) is 1.45. The maximum atomic E-state index is 12.3. The van der Waals surface area contributed by atoms with Crippen LogP contribution >= 0.6 is 0 Å². The van der Waals surface area contributed by atoms with Crippen LogP contribution in [0.15, 0.2) is 24.3 Å². The van der Waals surface area contributed by atoms with Crippen LogP contribution in [0.5, 0.6) is 0 Å². The van der Waals surface area contributed by atoms with Crippen LogP contribution in [-0.4, -0.2) is 36.1 Å². The number of carbonyl (C=O) groups excluding carboxylic acids is 1. The van der Waals surface area contributed by atoms with Gasteiger partial charge in [-0.2, -0.15) is 0 Å². The van der Waals surface area contributed by atoms with E-state index in [-0.39, 0.29) is 18.0 Å². The zero-order valence-corrected chi connectivity index (χ0v) is 10.9. The summed E-state index contributed by atoms with van der Waals surface area (Å²) in [5.74, 6) is 0.156. The molecule has 98 valence electrons. The van der Waals surface area contributed by atoms with E-state index in [2.05, 4.69) is 0 Å². The summed E-state index contributed by atoms with van der Waals surface area (Å²) in [6, 6.07) is 7.76. The lowest BCUT2D eigenvalue weighted by Gasteiger charge is -2.38. The summed E-state index contributed by atoms with van der Waals surface area (Å²) < 4.78 is 5.43. The second-order valence-electron chi connectivity index (χ2n) is 4.95. The standard InChI is InChI=1S/C14H20N2O2/c1-10-8-18-9-11(2)16(10)14(17)7-12-3-5-13(15)6-4-12/h3-6,10-11H,7-9,15H2,1-2H3/t10-,11-/m1/s1. The number of rotatable bonds is 2. The van der Waals surface area contributed by atoms with E-state index in [9.17, 15) is 4.79 Å². The van der Waals surface area contributed by atoms with Crippen LogP contribution in [0.25, 0.3) is 0 Å². The molecule has 1 amide bonds. The molecule has 0 bridgehead atoms. The number of nitrogens with zero attached hydrogens (tertiary/aromatic N) is 1. The molecule has 2 rings (SSSR count). The Morgan fingerprint density at radius 2 is 1.83 bits per heavy atom. The average molecular weight is 248 g/mol. The van der Waals surface area contributed by atoms with E-state index in [0.29, 0.717) is 19.6 Å². The van der Waals surface area contributed by atoms with Gasteiger partial charge in [0.25, 0.3) is 0 Å². The van der Waals surface area contributed by atoms with Crippen LogP contribution in [0, 0.1) is 0 Å². The van der Waals surface area contributed by atoms with Gasteiger partial charge in [-0.05, 0) is 31.5 Å². The van der Waals surface area contributed by atoms with Crippen molar-refractivity contribution in [1.29, 1.82) is 0 Å². The van der Waals surface area contributed by atoms with Crippen molar-refractivity contribution in [2.24, 2.45) is 0 Å². The second-order valence-corrected chi connectivity index (χ2v) is 4.95. The predicted molar refractivity (Wildman–Crippen MR) is 71.1 cm³/mol. The molecular weight excluding hydrogens is 228 g/mol. The molecule has 1 heterocycles. The molecule has 0 saturated carbocycles. The summed E-state index contributed by atoms with van der Waals surface area (Å²) in [5, 5.41) is 0. The number of nitrogens with two attached hydrogens (primary N) is 1. The third-order valence-corrected chi connectivity index (χ3v) is 3.29. The molecular formula is C14H20N2O2. The van der Waals surface area contributed by atoms with Gasteiger partial charge in [0.15, 0.2) is 0 Å². The summed E-state index contributed by atoms with van der Waals surface area (Å²) in [6.45, 7) is 5.29. The molecule has 2 N–H and O–H groups in total. The zero-order valence-electron chi connectivity index (χ0n) is 10.9. The molecule has 2 atom stereocenters. The molecule has 0 radical (unpaired) electrons. The minimum absolute atomic E-state index is 0.148. The first kappa shape index (κ1) is 12.9. The van der Waals surface area contributed by atoms with Crippen LogP contribution in [0.1, 0.15) is 19.4 Å². The fourth-order valence-electron chi connectivity index (χ4n) is 2.40. The molecule has 1 saturated heterocycles. The Kier molecular flexibility index (Phi) is 3.87. The Morgan fingerprint density at radius 1 is 1.28 bits per heavy atom. The molecule has 18 heavy (non-hydrogen) atoms. The normalized spacial score (nSPS) is 24.0. The third-order valence-electron chi connectivity index (χ3n) is 3.29. The van der Waals surface area contributed by atoms with Crippen molar-refractivity contribution in [3.8, 4) is 0 Å². The lowest BCUT2D eigenvalue weighted by molar-refractivity contribution is -0.143. The lowest BCUT2D eigenvalue weighted by Crippen LogP contribution is -2.53. The van der Waals surface area contributed by atoms with E-state index in [1.54, 1.807) is 0 Å². The highest BCUT2D eigenvalue weighted by Gasteiger charge is 2.29. The highest BCUT2D eigenvalue weighted by atomic mass is 16.5. The fraction of sp³-hybridized carbons (Fsp3) is 0.500. The number of morpholine rings is 1. The molecule has 1 fully saturated rings. The van der Waals surface area contributed by atoms with Crippen LogP contribution in [-0.2, 0) is 16.0 Å². The molecule has 4 nitrogen and oxygen atoms in total. The summed E-state index contributed by atoms with van der Waals surface area (Å²) in [6.07, 6.45) is 0.426. The Labute approximate surface area is 108 Å². The van der Waals surface area contributed by atoms with E-state index in [4.69, 9.17) is 10.5 Å². The Balaban J connectivity index is 2.04. The number of nitrogen functional groups attached to an aromatic ring is 1. The molecule has 1 aromatic rings. The quantitative estimate of drug-likeness (QED) is 0.806. The summed E-state index contributed by atoms with van der Waals surface area (Å²) in [5.41, 5.74) is 7.35. The molecule has 1 aliphatic heterocycles. The minimum atomic E-state index is 0.148. The molecule has 0 spiro atoms. The van der Waals surface area contributed by atoms with Gasteiger partial charge in [-0.25, -0.2) is 0 Å². The number of benzene rings is 1. The van der Waals surface area contributed by atoms with Gasteiger partial charge in [0.1, 0.15) is 0 Å². The van der Waals surface area contributed by atoms with Crippen molar-refractivity contribution < 1.29 is 9.53 Å². The third kappa shape index (κ3) is 2.82. The maximum Gasteiger partial charge on any atom is 0.227 e. The topological polar surface area (TPSA) is 55.6 Å². The van der Waals surface area contributed by atoms with Gasteiger partial charge in [-0.1, -0.05) is 12.1 Å². The number of anilines is 1. The summed E-state index contributed by atoms with van der Waals surface area (Å²) in [7, 11) is 0. The smallest absolute Gasteiger partial charge is 0.227 e. The largest absolute Gasteiger partial charge is 0.399 e. The minimum Gasteiger partial charge on any atom is -0.399 e.